The van der Waals surface area contributed by atoms with Crippen LogP contribution in [0.1, 0.15) is 277 Å². The first kappa shape index (κ1) is 59.1. The van der Waals surface area contributed by atoms with Crippen molar-refractivity contribution >= 4 is 11.9 Å². The van der Waals surface area contributed by atoms with Crippen LogP contribution in [0.4, 0.5) is 0 Å². The second kappa shape index (κ2) is 50.7. The van der Waals surface area contributed by atoms with Gasteiger partial charge in [-0.15, -0.1) is 0 Å². The van der Waals surface area contributed by atoms with Crippen LogP contribution < -0.4 is 5.32 Å². The number of aliphatic hydroxyl groups is 2. The van der Waals surface area contributed by atoms with Gasteiger partial charge < -0.3 is 20.3 Å². The number of allylic oxidation sites excluding steroid dienone is 5. The molecule has 0 saturated heterocycles. The van der Waals surface area contributed by atoms with Crippen LogP contribution in [0.15, 0.2) is 36.5 Å². The van der Waals surface area contributed by atoms with Crippen molar-refractivity contribution < 1.29 is 24.5 Å². The molecule has 0 spiro atoms. The van der Waals surface area contributed by atoms with E-state index in [4.69, 9.17) is 4.74 Å². The van der Waals surface area contributed by atoms with Crippen LogP contribution in [-0.4, -0.2) is 47.4 Å². The van der Waals surface area contributed by atoms with Gasteiger partial charge in [0.25, 0.3) is 0 Å². The van der Waals surface area contributed by atoms with Crippen molar-refractivity contribution in [1.82, 2.24) is 5.32 Å². The number of ether oxygens (including phenoxy) is 1. The molecule has 0 saturated carbocycles. The van der Waals surface area contributed by atoms with Crippen molar-refractivity contribution in [1.29, 1.82) is 0 Å². The van der Waals surface area contributed by atoms with Crippen LogP contribution in [0.2, 0.25) is 0 Å². The molecule has 0 aromatic heterocycles. The molecule has 6 heteroatoms. The van der Waals surface area contributed by atoms with Gasteiger partial charge in [-0.2, -0.15) is 0 Å². The van der Waals surface area contributed by atoms with Crippen LogP contribution in [-0.2, 0) is 14.3 Å². The average Bonchev–Trinajstić information content (AvgIpc) is 3.26. The van der Waals surface area contributed by atoms with E-state index in [-0.39, 0.29) is 18.5 Å². The van der Waals surface area contributed by atoms with Gasteiger partial charge in [0.1, 0.15) is 0 Å². The highest BCUT2D eigenvalue weighted by Gasteiger charge is 2.18. The molecule has 2 unspecified atom stereocenters. The summed E-state index contributed by atoms with van der Waals surface area (Å²) in [4.78, 5) is 24.4. The summed E-state index contributed by atoms with van der Waals surface area (Å²) in [6, 6.07) is -0.628. The number of carbonyl (C=O) groups is 2. The number of esters is 1. The monoisotopic (exact) mass is 858 g/mol. The summed E-state index contributed by atoms with van der Waals surface area (Å²) < 4.78 is 5.46. The SMILES string of the molecule is CCCC/C=C\C/C=C\CCCCCCCC(=O)OCCCCCCCCCCCCCCCCCCCCCCC(=O)NC(CO)C(O)/C=C/CCCCCCCCCC. The fourth-order valence-corrected chi connectivity index (χ4v) is 8.00. The topological polar surface area (TPSA) is 95.9 Å². The number of hydrogen-bond acceptors (Lipinski definition) is 5. The van der Waals surface area contributed by atoms with E-state index in [0.29, 0.717) is 19.4 Å². The van der Waals surface area contributed by atoms with Gasteiger partial charge in [0.2, 0.25) is 5.91 Å². The van der Waals surface area contributed by atoms with Gasteiger partial charge in [-0.25, -0.2) is 0 Å². The molecule has 2 atom stereocenters. The Morgan fingerprint density at radius 2 is 0.836 bits per heavy atom. The number of rotatable bonds is 49. The van der Waals surface area contributed by atoms with E-state index in [0.717, 1.165) is 51.4 Å². The maximum Gasteiger partial charge on any atom is 0.305 e. The summed E-state index contributed by atoms with van der Waals surface area (Å²) in [5, 5.41) is 22.9. The zero-order chi connectivity index (χ0) is 44.4. The fourth-order valence-electron chi connectivity index (χ4n) is 8.00. The van der Waals surface area contributed by atoms with Gasteiger partial charge in [-0.3, -0.25) is 9.59 Å². The van der Waals surface area contributed by atoms with Crippen LogP contribution >= 0.6 is 0 Å². The Morgan fingerprint density at radius 3 is 1.30 bits per heavy atom. The molecule has 0 heterocycles. The molecule has 0 aromatic carbocycles. The molecule has 0 rings (SSSR count). The molecule has 0 radical (unpaired) electrons. The molecule has 0 aliphatic heterocycles. The summed E-state index contributed by atoms with van der Waals surface area (Å²) in [5.74, 6) is -0.0779. The summed E-state index contributed by atoms with van der Waals surface area (Å²) in [6.45, 7) is 4.83. The molecule has 0 bridgehead atoms. The van der Waals surface area contributed by atoms with Gasteiger partial charge >= 0.3 is 5.97 Å². The maximum atomic E-state index is 12.4. The molecular weight excluding hydrogens is 755 g/mol. The molecule has 6 nitrogen and oxygen atoms in total. The number of amides is 1. The fraction of sp³-hybridized carbons (Fsp3) is 0.855. The minimum atomic E-state index is -0.844. The zero-order valence-electron chi connectivity index (χ0n) is 40.6. The first-order valence-electron chi connectivity index (χ1n) is 26.8. The number of carbonyl (C=O) groups excluding carboxylic acids is 2. The molecule has 3 N–H and O–H groups in total. The van der Waals surface area contributed by atoms with Gasteiger partial charge in [-0.05, 0) is 57.8 Å². The lowest BCUT2D eigenvalue weighted by molar-refractivity contribution is -0.143. The molecule has 358 valence electrons. The molecule has 0 fully saturated rings. The van der Waals surface area contributed by atoms with Gasteiger partial charge in [0, 0.05) is 12.8 Å². The van der Waals surface area contributed by atoms with E-state index in [9.17, 15) is 19.8 Å². The Balaban J connectivity index is 3.40. The van der Waals surface area contributed by atoms with E-state index < -0.39 is 12.1 Å². The minimum Gasteiger partial charge on any atom is -0.466 e. The molecule has 1 amide bonds. The Hall–Kier alpha value is -1.92. The Bertz CT molecular complexity index is 993. The van der Waals surface area contributed by atoms with E-state index in [1.807, 2.05) is 6.08 Å². The number of aliphatic hydroxyl groups excluding tert-OH is 2. The smallest absolute Gasteiger partial charge is 0.305 e. The predicted octanol–water partition coefficient (Wildman–Crippen LogP) is 16.1. The third-order valence-corrected chi connectivity index (χ3v) is 12.2. The Morgan fingerprint density at radius 1 is 0.459 bits per heavy atom. The van der Waals surface area contributed by atoms with Crippen LogP contribution in [0.25, 0.3) is 0 Å². The highest BCUT2D eigenvalue weighted by Crippen LogP contribution is 2.16. The molecule has 0 aliphatic rings. The van der Waals surface area contributed by atoms with E-state index in [1.54, 1.807) is 6.08 Å². The first-order chi connectivity index (χ1) is 30.0. The number of nitrogens with one attached hydrogen (secondary N) is 1. The maximum absolute atomic E-state index is 12.4. The third kappa shape index (κ3) is 47.4. The third-order valence-electron chi connectivity index (χ3n) is 12.2. The first-order valence-corrected chi connectivity index (χ1v) is 26.8. The Labute approximate surface area is 379 Å². The molecule has 61 heavy (non-hydrogen) atoms. The lowest BCUT2D eigenvalue weighted by Gasteiger charge is -2.20. The number of hydrogen-bond donors (Lipinski definition) is 3. The lowest BCUT2D eigenvalue weighted by Crippen LogP contribution is -2.45. The second-order valence-electron chi connectivity index (χ2n) is 18.2. The highest BCUT2D eigenvalue weighted by atomic mass is 16.5. The molecular formula is C55H103NO5. The van der Waals surface area contributed by atoms with Gasteiger partial charge in [0.05, 0.1) is 25.4 Å². The Kier molecular flexibility index (Phi) is 49.1. The van der Waals surface area contributed by atoms with Crippen molar-refractivity contribution in [2.24, 2.45) is 0 Å². The summed E-state index contributed by atoms with van der Waals surface area (Å²) in [5.41, 5.74) is 0. The van der Waals surface area contributed by atoms with Crippen molar-refractivity contribution in [3.05, 3.63) is 36.5 Å². The summed E-state index contributed by atoms with van der Waals surface area (Å²) in [7, 11) is 0. The quantitative estimate of drug-likeness (QED) is 0.0322. The van der Waals surface area contributed by atoms with Crippen molar-refractivity contribution in [2.45, 2.75) is 289 Å². The van der Waals surface area contributed by atoms with E-state index in [1.165, 1.54) is 199 Å². The van der Waals surface area contributed by atoms with Gasteiger partial charge in [0.15, 0.2) is 0 Å². The molecule has 0 aromatic rings. The molecule has 0 aliphatic carbocycles. The predicted molar refractivity (Wildman–Crippen MR) is 264 cm³/mol. The normalized spacial score (nSPS) is 12.9. The van der Waals surface area contributed by atoms with E-state index >= 15 is 0 Å². The van der Waals surface area contributed by atoms with Crippen LogP contribution in [0.3, 0.4) is 0 Å². The number of unbranched alkanes of at least 4 members (excludes halogenated alkanes) is 34. The lowest BCUT2D eigenvalue weighted by atomic mass is 10.0. The van der Waals surface area contributed by atoms with Crippen molar-refractivity contribution in [2.75, 3.05) is 13.2 Å². The van der Waals surface area contributed by atoms with E-state index in [2.05, 4.69) is 43.5 Å². The summed E-state index contributed by atoms with van der Waals surface area (Å²) >= 11 is 0. The minimum absolute atomic E-state index is 0.00541. The second-order valence-corrected chi connectivity index (χ2v) is 18.2. The van der Waals surface area contributed by atoms with Crippen molar-refractivity contribution in [3.63, 3.8) is 0 Å². The van der Waals surface area contributed by atoms with Gasteiger partial charge in [-0.1, -0.05) is 243 Å². The summed E-state index contributed by atoms with van der Waals surface area (Å²) in [6.07, 6.45) is 61.6. The average molecular weight is 858 g/mol. The van der Waals surface area contributed by atoms with Crippen molar-refractivity contribution in [3.8, 4) is 0 Å². The van der Waals surface area contributed by atoms with Crippen LogP contribution in [0, 0.1) is 0 Å². The van der Waals surface area contributed by atoms with Crippen LogP contribution in [0.5, 0.6) is 0 Å². The largest absolute Gasteiger partial charge is 0.466 e. The zero-order valence-corrected chi connectivity index (χ0v) is 40.6. The highest BCUT2D eigenvalue weighted by molar-refractivity contribution is 5.76. The standard InChI is InChI=1S/C55H103NO5/c1-3-5-7-9-11-13-15-16-26-29-33-37-41-45-49-55(60)61-50-46-42-38-34-30-27-24-22-20-18-17-19-21-23-25-28-32-36-40-44-48-54(59)56-52(51-57)53(58)47-43-39-35-31-14-12-10-8-6-4-2/h9,11,15-16,43,47,52-53,57-58H,3-8,10,12-14,17-42,44-46,48-51H2,1-2H3,(H,56,59)/b11-9-,16-15-,47-43+.